The molecule has 2 aromatic rings. The van der Waals surface area contributed by atoms with Crippen LogP contribution in [-0.4, -0.2) is 47.8 Å². The van der Waals surface area contributed by atoms with Crippen LogP contribution < -0.4 is 5.73 Å². The molecule has 6 heteroatoms. The molecule has 0 aliphatic carbocycles. The molecule has 1 saturated heterocycles. The van der Waals surface area contributed by atoms with Gasteiger partial charge in [0, 0.05) is 31.7 Å². The van der Waals surface area contributed by atoms with Crippen LogP contribution in [0, 0.1) is 6.92 Å². The Morgan fingerprint density at radius 2 is 1.48 bits per heavy atom. The molecule has 0 radical (unpaired) electrons. The lowest BCUT2D eigenvalue weighted by atomic mass is 10.0. The first-order chi connectivity index (χ1) is 12.6. The fraction of sp³-hybridized carbons (Fsp3) is 0.333. The largest absolute Gasteiger partial charge is 0.339 e. The van der Waals surface area contributed by atoms with Crippen LogP contribution in [0.1, 0.15) is 33.9 Å². The standard InChI is InChI=1S/C21H25N3O2.ClH/c1-16-8-10-17(11-9-16)19(22)21(26)24-13-5-12-23(14-15-24)20(25)18-6-3-2-4-7-18;/h2-4,6-11,19H,5,12-15,22H2,1H3;1H. The molecular weight excluding hydrogens is 362 g/mol. The molecule has 27 heavy (non-hydrogen) atoms. The van der Waals surface area contributed by atoms with Gasteiger partial charge in [0.25, 0.3) is 5.91 Å². The minimum atomic E-state index is -0.660. The summed E-state index contributed by atoms with van der Waals surface area (Å²) in [4.78, 5) is 29.0. The number of hydrogen-bond acceptors (Lipinski definition) is 3. The van der Waals surface area contributed by atoms with Crippen molar-refractivity contribution in [3.8, 4) is 0 Å². The maximum absolute atomic E-state index is 12.8. The molecule has 0 aromatic heterocycles. The van der Waals surface area contributed by atoms with Crippen LogP contribution in [0.3, 0.4) is 0 Å². The van der Waals surface area contributed by atoms with E-state index in [1.807, 2.05) is 66.4 Å². The highest BCUT2D eigenvalue weighted by Crippen LogP contribution is 2.16. The highest BCUT2D eigenvalue weighted by atomic mass is 35.5. The van der Waals surface area contributed by atoms with Crippen LogP contribution >= 0.6 is 12.4 Å². The molecule has 3 rings (SSSR count). The van der Waals surface area contributed by atoms with Gasteiger partial charge in [0.15, 0.2) is 0 Å². The molecule has 1 atom stereocenters. The van der Waals surface area contributed by atoms with E-state index in [0.717, 1.165) is 17.5 Å². The number of hydrogen-bond donors (Lipinski definition) is 1. The molecule has 0 bridgehead atoms. The minimum absolute atomic E-state index is 0. The third-order valence-corrected chi connectivity index (χ3v) is 4.82. The molecule has 2 aromatic carbocycles. The van der Waals surface area contributed by atoms with Gasteiger partial charge in [-0.05, 0) is 31.0 Å². The van der Waals surface area contributed by atoms with Gasteiger partial charge in [-0.3, -0.25) is 9.59 Å². The highest BCUT2D eigenvalue weighted by Gasteiger charge is 2.26. The summed E-state index contributed by atoms with van der Waals surface area (Å²) in [5, 5.41) is 0. The fourth-order valence-electron chi connectivity index (χ4n) is 3.22. The smallest absolute Gasteiger partial charge is 0.253 e. The van der Waals surface area contributed by atoms with E-state index >= 15 is 0 Å². The molecule has 2 N–H and O–H groups in total. The number of carbonyl (C=O) groups excluding carboxylic acids is 2. The zero-order valence-electron chi connectivity index (χ0n) is 15.5. The maximum atomic E-state index is 12.8. The van der Waals surface area contributed by atoms with Crippen molar-refractivity contribution in [1.29, 1.82) is 0 Å². The molecule has 1 fully saturated rings. The average Bonchev–Trinajstić information content (AvgIpc) is 2.94. The SMILES string of the molecule is Cc1ccc(C(N)C(=O)N2CCCN(C(=O)c3ccccc3)CC2)cc1.Cl. The summed E-state index contributed by atoms with van der Waals surface area (Å²) < 4.78 is 0. The molecule has 0 spiro atoms. The van der Waals surface area contributed by atoms with Crippen molar-refractivity contribution in [2.45, 2.75) is 19.4 Å². The van der Waals surface area contributed by atoms with Crippen LogP contribution in [0.4, 0.5) is 0 Å². The van der Waals surface area contributed by atoms with Crippen LogP contribution in [-0.2, 0) is 4.79 Å². The molecule has 2 amide bonds. The van der Waals surface area contributed by atoms with E-state index < -0.39 is 6.04 Å². The van der Waals surface area contributed by atoms with Crippen LogP contribution in [0.5, 0.6) is 0 Å². The second-order valence-corrected chi connectivity index (χ2v) is 6.73. The summed E-state index contributed by atoms with van der Waals surface area (Å²) in [6.45, 7) is 4.32. The van der Waals surface area contributed by atoms with Crippen LogP contribution in [0.2, 0.25) is 0 Å². The Hall–Kier alpha value is -2.37. The number of nitrogens with two attached hydrogens (primary N) is 1. The summed E-state index contributed by atoms with van der Waals surface area (Å²) in [6.07, 6.45) is 0.755. The Bertz CT molecular complexity index is 765. The van der Waals surface area contributed by atoms with Crippen LogP contribution in [0.25, 0.3) is 0 Å². The zero-order valence-corrected chi connectivity index (χ0v) is 16.3. The van der Waals surface area contributed by atoms with Crippen molar-refractivity contribution < 1.29 is 9.59 Å². The van der Waals surface area contributed by atoms with E-state index in [9.17, 15) is 9.59 Å². The first kappa shape index (κ1) is 20.9. The van der Waals surface area contributed by atoms with Crippen molar-refractivity contribution in [2.24, 2.45) is 5.73 Å². The van der Waals surface area contributed by atoms with Crippen molar-refractivity contribution in [3.63, 3.8) is 0 Å². The van der Waals surface area contributed by atoms with Gasteiger partial charge in [0.2, 0.25) is 5.91 Å². The lowest BCUT2D eigenvalue weighted by molar-refractivity contribution is -0.132. The number of amides is 2. The topological polar surface area (TPSA) is 66.6 Å². The Morgan fingerprint density at radius 3 is 2.15 bits per heavy atom. The number of benzene rings is 2. The molecule has 0 saturated carbocycles. The monoisotopic (exact) mass is 387 g/mol. The van der Waals surface area contributed by atoms with E-state index in [4.69, 9.17) is 5.73 Å². The van der Waals surface area contributed by atoms with Gasteiger partial charge >= 0.3 is 0 Å². The number of carbonyl (C=O) groups is 2. The Morgan fingerprint density at radius 1 is 0.889 bits per heavy atom. The Balaban J connectivity index is 0.00000261. The van der Waals surface area contributed by atoms with Crippen molar-refractivity contribution >= 4 is 24.2 Å². The molecule has 5 nitrogen and oxygen atoms in total. The normalized spacial score (nSPS) is 15.5. The van der Waals surface area contributed by atoms with Gasteiger partial charge in [-0.2, -0.15) is 0 Å². The Labute approximate surface area is 166 Å². The molecule has 1 aliphatic heterocycles. The van der Waals surface area contributed by atoms with E-state index in [1.54, 1.807) is 4.90 Å². The van der Waals surface area contributed by atoms with Crippen molar-refractivity contribution in [3.05, 3.63) is 71.3 Å². The summed E-state index contributed by atoms with van der Waals surface area (Å²) in [7, 11) is 0. The number of aryl methyl sites for hydroxylation is 1. The predicted molar refractivity (Wildman–Crippen MR) is 109 cm³/mol. The maximum Gasteiger partial charge on any atom is 0.253 e. The van der Waals surface area contributed by atoms with E-state index in [1.165, 1.54) is 0 Å². The number of nitrogens with zero attached hydrogens (tertiary/aromatic N) is 2. The van der Waals surface area contributed by atoms with Gasteiger partial charge in [-0.25, -0.2) is 0 Å². The van der Waals surface area contributed by atoms with Gasteiger partial charge in [-0.1, -0.05) is 48.0 Å². The summed E-state index contributed by atoms with van der Waals surface area (Å²) in [5.74, 6) is -0.0643. The molecule has 144 valence electrons. The fourth-order valence-corrected chi connectivity index (χ4v) is 3.22. The second kappa shape index (κ2) is 9.53. The van der Waals surface area contributed by atoms with Crippen molar-refractivity contribution in [1.82, 2.24) is 9.80 Å². The first-order valence-electron chi connectivity index (χ1n) is 9.01. The second-order valence-electron chi connectivity index (χ2n) is 6.73. The van der Waals surface area contributed by atoms with Gasteiger partial charge in [-0.15, -0.1) is 12.4 Å². The number of rotatable bonds is 3. The lowest BCUT2D eigenvalue weighted by Crippen LogP contribution is -2.41. The third-order valence-electron chi connectivity index (χ3n) is 4.82. The minimum Gasteiger partial charge on any atom is -0.339 e. The predicted octanol–water partition coefficient (Wildman–Crippen LogP) is 2.79. The molecule has 1 aliphatic rings. The third kappa shape index (κ3) is 5.08. The van der Waals surface area contributed by atoms with E-state index in [-0.39, 0.29) is 24.2 Å². The first-order valence-corrected chi connectivity index (χ1v) is 9.01. The summed E-state index contributed by atoms with van der Waals surface area (Å²) >= 11 is 0. The van der Waals surface area contributed by atoms with Gasteiger partial charge in [0.1, 0.15) is 6.04 Å². The highest BCUT2D eigenvalue weighted by molar-refractivity contribution is 5.94. The van der Waals surface area contributed by atoms with E-state index in [0.29, 0.717) is 31.7 Å². The summed E-state index contributed by atoms with van der Waals surface area (Å²) in [5.41, 5.74) is 8.83. The van der Waals surface area contributed by atoms with Gasteiger partial charge < -0.3 is 15.5 Å². The number of halogens is 1. The summed E-state index contributed by atoms with van der Waals surface area (Å²) in [6, 6.07) is 16.3. The van der Waals surface area contributed by atoms with Crippen molar-refractivity contribution in [2.75, 3.05) is 26.2 Å². The van der Waals surface area contributed by atoms with E-state index in [2.05, 4.69) is 0 Å². The lowest BCUT2D eigenvalue weighted by Gasteiger charge is -2.25. The van der Waals surface area contributed by atoms with Crippen LogP contribution in [0.15, 0.2) is 54.6 Å². The zero-order chi connectivity index (χ0) is 18.5. The quantitative estimate of drug-likeness (QED) is 0.880. The average molecular weight is 388 g/mol. The molecular formula is C21H26ClN3O2. The molecule has 1 unspecified atom stereocenters. The molecule has 1 heterocycles. The Kier molecular flexibility index (Phi) is 7.39. The van der Waals surface area contributed by atoms with Gasteiger partial charge in [0.05, 0.1) is 0 Å².